The number of nitrogens with zero attached hydrogens (tertiary/aromatic N) is 1. The molecule has 0 aliphatic heterocycles. The van der Waals surface area contributed by atoms with E-state index >= 15 is 0 Å². The first-order chi connectivity index (χ1) is 8.20. The molecule has 0 atom stereocenters. The van der Waals surface area contributed by atoms with Gasteiger partial charge >= 0.3 is 0 Å². The third-order valence-electron chi connectivity index (χ3n) is 3.28. The Kier molecular flexibility index (Phi) is 4.14. The Morgan fingerprint density at radius 1 is 1.53 bits per heavy atom. The highest BCUT2D eigenvalue weighted by molar-refractivity contribution is 7.09. The summed E-state index contributed by atoms with van der Waals surface area (Å²) in [5.74, 6) is 0. The second kappa shape index (κ2) is 5.44. The van der Waals surface area contributed by atoms with E-state index in [9.17, 15) is 0 Å². The monoisotopic (exact) mass is 256 g/mol. The van der Waals surface area contributed by atoms with Crippen LogP contribution in [-0.2, 0) is 15.0 Å². The van der Waals surface area contributed by atoms with Crippen LogP contribution in [0.25, 0.3) is 0 Å². The summed E-state index contributed by atoms with van der Waals surface area (Å²) < 4.78 is 10.5. The van der Waals surface area contributed by atoms with Gasteiger partial charge < -0.3 is 14.8 Å². The number of hydrogen-bond donors (Lipinski definition) is 1. The predicted octanol–water partition coefficient (Wildman–Crippen LogP) is 1.69. The number of rotatable bonds is 6. The lowest BCUT2D eigenvalue weighted by atomic mass is 9.74. The number of aryl methyl sites for hydroxylation is 1. The number of methoxy groups -OCH3 is 2. The molecule has 17 heavy (non-hydrogen) atoms. The van der Waals surface area contributed by atoms with Crippen LogP contribution in [0.15, 0.2) is 5.38 Å². The van der Waals surface area contributed by atoms with Crippen molar-refractivity contribution in [1.82, 2.24) is 10.3 Å². The molecule has 0 amide bonds. The maximum absolute atomic E-state index is 5.38. The Labute approximate surface area is 106 Å². The molecule has 1 heterocycles. The van der Waals surface area contributed by atoms with Gasteiger partial charge in [0.1, 0.15) is 5.01 Å². The fourth-order valence-corrected chi connectivity index (χ4v) is 3.24. The quantitative estimate of drug-likeness (QED) is 0.787. The lowest BCUT2D eigenvalue weighted by Crippen LogP contribution is -2.56. The van der Waals surface area contributed by atoms with Gasteiger partial charge in [-0.2, -0.15) is 0 Å². The van der Waals surface area contributed by atoms with Gasteiger partial charge in [-0.3, -0.25) is 0 Å². The third kappa shape index (κ3) is 2.68. The summed E-state index contributed by atoms with van der Waals surface area (Å²) in [6.07, 6.45) is 2.36. The van der Waals surface area contributed by atoms with Crippen LogP contribution in [0.1, 0.15) is 23.5 Å². The van der Waals surface area contributed by atoms with Crippen molar-refractivity contribution in [2.24, 2.45) is 0 Å². The van der Waals surface area contributed by atoms with Crippen molar-refractivity contribution >= 4 is 11.3 Å². The van der Waals surface area contributed by atoms with Crippen LogP contribution in [0.2, 0.25) is 0 Å². The van der Waals surface area contributed by atoms with Gasteiger partial charge in [0, 0.05) is 31.8 Å². The number of nitrogens with one attached hydrogen (secondary N) is 1. The zero-order chi connectivity index (χ0) is 12.3. The Hall–Kier alpha value is -0.490. The van der Waals surface area contributed by atoms with E-state index in [2.05, 4.69) is 15.7 Å². The van der Waals surface area contributed by atoms with E-state index in [-0.39, 0.29) is 5.54 Å². The molecule has 5 heteroatoms. The highest BCUT2D eigenvalue weighted by Gasteiger charge is 2.47. The van der Waals surface area contributed by atoms with E-state index in [0.29, 0.717) is 6.10 Å². The Bertz CT molecular complexity index is 361. The number of ether oxygens (including phenoxy) is 2. The third-order valence-corrected chi connectivity index (χ3v) is 4.45. The van der Waals surface area contributed by atoms with E-state index < -0.39 is 0 Å². The largest absolute Gasteiger partial charge is 0.383 e. The van der Waals surface area contributed by atoms with Crippen molar-refractivity contribution in [3.05, 3.63) is 16.1 Å². The normalized spacial score (nSPS) is 28.1. The van der Waals surface area contributed by atoms with Gasteiger partial charge in [0.05, 0.1) is 18.2 Å². The standard InChI is InChI=1S/C12H20N2O2S/c1-9-8-17-11(14-9)12(13-4-5-15-2)6-10(7-12)16-3/h8,10,13H,4-7H2,1-3H3. The molecule has 0 unspecified atom stereocenters. The van der Waals surface area contributed by atoms with Crippen LogP contribution in [0.5, 0.6) is 0 Å². The van der Waals surface area contributed by atoms with E-state index in [0.717, 1.165) is 31.7 Å². The Morgan fingerprint density at radius 3 is 2.82 bits per heavy atom. The Balaban J connectivity index is 2.04. The minimum atomic E-state index is 0.0120. The maximum Gasteiger partial charge on any atom is 0.113 e. The van der Waals surface area contributed by atoms with Crippen molar-refractivity contribution in [2.45, 2.75) is 31.4 Å². The van der Waals surface area contributed by atoms with Crippen molar-refractivity contribution in [3.8, 4) is 0 Å². The molecule has 96 valence electrons. The first kappa shape index (κ1) is 13.0. The van der Waals surface area contributed by atoms with Gasteiger partial charge in [-0.1, -0.05) is 0 Å². The first-order valence-corrected chi connectivity index (χ1v) is 6.77. The fourth-order valence-electron chi connectivity index (χ4n) is 2.24. The minimum Gasteiger partial charge on any atom is -0.383 e. The van der Waals surface area contributed by atoms with Gasteiger partial charge in [0.15, 0.2) is 0 Å². The van der Waals surface area contributed by atoms with Crippen LogP contribution in [0, 0.1) is 6.92 Å². The summed E-state index contributed by atoms with van der Waals surface area (Å²) in [7, 11) is 3.50. The zero-order valence-corrected chi connectivity index (χ0v) is 11.5. The van der Waals surface area contributed by atoms with Crippen molar-refractivity contribution in [3.63, 3.8) is 0 Å². The molecule has 0 spiro atoms. The molecule has 4 nitrogen and oxygen atoms in total. The second-order valence-electron chi connectivity index (χ2n) is 4.56. The molecule has 1 aromatic heterocycles. The summed E-state index contributed by atoms with van der Waals surface area (Å²) in [6.45, 7) is 3.62. The van der Waals surface area contributed by atoms with Crippen molar-refractivity contribution in [2.75, 3.05) is 27.4 Å². The van der Waals surface area contributed by atoms with Crippen LogP contribution in [-0.4, -0.2) is 38.5 Å². The van der Waals surface area contributed by atoms with Gasteiger partial charge in [-0.05, 0) is 19.8 Å². The van der Waals surface area contributed by atoms with Crippen LogP contribution in [0.3, 0.4) is 0 Å². The van der Waals surface area contributed by atoms with E-state index in [1.165, 1.54) is 5.01 Å². The molecule has 1 saturated carbocycles. The lowest BCUT2D eigenvalue weighted by molar-refractivity contribution is -0.0350. The topological polar surface area (TPSA) is 43.4 Å². The zero-order valence-electron chi connectivity index (χ0n) is 10.7. The molecule has 2 rings (SSSR count). The van der Waals surface area contributed by atoms with E-state index in [1.54, 1.807) is 25.6 Å². The van der Waals surface area contributed by atoms with Crippen LogP contribution < -0.4 is 5.32 Å². The summed E-state index contributed by atoms with van der Waals surface area (Å²) in [5, 5.41) is 6.86. The molecule has 1 aromatic rings. The summed E-state index contributed by atoms with van der Waals surface area (Å²) in [6, 6.07) is 0. The van der Waals surface area contributed by atoms with Gasteiger partial charge in [-0.15, -0.1) is 11.3 Å². The molecule has 0 bridgehead atoms. The van der Waals surface area contributed by atoms with Gasteiger partial charge in [0.2, 0.25) is 0 Å². The molecule has 0 saturated heterocycles. The maximum atomic E-state index is 5.38. The van der Waals surface area contributed by atoms with Crippen molar-refractivity contribution < 1.29 is 9.47 Å². The number of hydrogen-bond acceptors (Lipinski definition) is 5. The summed E-state index contributed by atoms with van der Waals surface area (Å²) in [4.78, 5) is 4.61. The molecule has 1 aliphatic carbocycles. The molecular formula is C12H20N2O2S. The summed E-state index contributed by atoms with van der Waals surface area (Å²) in [5.41, 5.74) is 1.11. The molecule has 0 aromatic carbocycles. The number of thiazole rings is 1. The van der Waals surface area contributed by atoms with Crippen LogP contribution in [0.4, 0.5) is 0 Å². The lowest BCUT2D eigenvalue weighted by Gasteiger charge is -2.46. The molecule has 1 N–H and O–H groups in total. The van der Waals surface area contributed by atoms with Gasteiger partial charge in [-0.25, -0.2) is 4.98 Å². The average Bonchev–Trinajstić information content (AvgIpc) is 2.69. The fraction of sp³-hybridized carbons (Fsp3) is 0.750. The average molecular weight is 256 g/mol. The SMILES string of the molecule is COCCNC1(c2nc(C)cs2)CC(OC)C1. The minimum absolute atomic E-state index is 0.0120. The Morgan fingerprint density at radius 2 is 2.29 bits per heavy atom. The molecule has 1 aliphatic rings. The first-order valence-electron chi connectivity index (χ1n) is 5.89. The highest BCUT2D eigenvalue weighted by atomic mass is 32.1. The number of aromatic nitrogens is 1. The predicted molar refractivity (Wildman–Crippen MR) is 68.4 cm³/mol. The molecule has 1 fully saturated rings. The van der Waals surface area contributed by atoms with Gasteiger partial charge in [0.25, 0.3) is 0 Å². The molecule has 0 radical (unpaired) electrons. The highest BCUT2D eigenvalue weighted by Crippen LogP contribution is 2.43. The smallest absolute Gasteiger partial charge is 0.113 e. The molecular weight excluding hydrogens is 236 g/mol. The van der Waals surface area contributed by atoms with Crippen molar-refractivity contribution in [1.29, 1.82) is 0 Å². The van der Waals surface area contributed by atoms with Crippen LogP contribution >= 0.6 is 11.3 Å². The van der Waals surface area contributed by atoms with E-state index in [1.807, 2.05) is 6.92 Å². The van der Waals surface area contributed by atoms with E-state index in [4.69, 9.17) is 9.47 Å². The summed E-state index contributed by atoms with van der Waals surface area (Å²) >= 11 is 1.73. The second-order valence-corrected chi connectivity index (χ2v) is 5.42.